The van der Waals surface area contributed by atoms with Gasteiger partial charge in [0, 0.05) is 24.8 Å². The van der Waals surface area contributed by atoms with Gasteiger partial charge in [0.25, 0.3) is 5.56 Å². The minimum atomic E-state index is -0.308. The first-order valence-electron chi connectivity index (χ1n) is 5.94. The van der Waals surface area contributed by atoms with Crippen molar-refractivity contribution in [3.8, 4) is 0 Å². The van der Waals surface area contributed by atoms with Gasteiger partial charge in [-0.2, -0.15) is 4.52 Å². The number of hydrogen-bond acceptors (Lipinski definition) is 6. The zero-order valence-electron chi connectivity index (χ0n) is 10.0. The highest BCUT2D eigenvalue weighted by Gasteiger charge is 2.21. The van der Waals surface area contributed by atoms with Crippen LogP contribution in [0.3, 0.4) is 0 Å². The van der Waals surface area contributed by atoms with Crippen molar-refractivity contribution in [2.45, 2.75) is 25.9 Å². The molecule has 3 rings (SSSR count). The molecule has 3 heterocycles. The molecule has 0 saturated carbocycles. The molecule has 2 aromatic rings. The molecular formula is C11H14N4O2S. The molecule has 0 bridgehead atoms. The first-order chi connectivity index (χ1) is 8.63. The Morgan fingerprint density at radius 3 is 3.17 bits per heavy atom. The van der Waals surface area contributed by atoms with E-state index in [0.29, 0.717) is 17.2 Å². The fraction of sp³-hybridized carbons (Fsp3) is 0.545. The molecule has 1 aliphatic heterocycles. The van der Waals surface area contributed by atoms with E-state index in [1.165, 1.54) is 21.9 Å². The second kappa shape index (κ2) is 4.33. The molecule has 0 amide bonds. The monoisotopic (exact) mass is 266 g/mol. The average Bonchev–Trinajstić information content (AvgIpc) is 2.73. The van der Waals surface area contributed by atoms with Gasteiger partial charge in [-0.25, -0.2) is 4.98 Å². The van der Waals surface area contributed by atoms with Crippen LogP contribution in [0.4, 0.5) is 5.13 Å². The number of nitrogens with zero attached hydrogens (tertiary/aromatic N) is 4. The van der Waals surface area contributed by atoms with Gasteiger partial charge in [-0.05, 0) is 19.8 Å². The molecule has 6 nitrogen and oxygen atoms in total. The highest BCUT2D eigenvalue weighted by molar-refractivity contribution is 7.20. The Kier molecular flexibility index (Phi) is 2.79. The molecule has 1 unspecified atom stereocenters. The summed E-state index contributed by atoms with van der Waals surface area (Å²) in [5.41, 5.74) is 0.548. The van der Waals surface area contributed by atoms with Crippen molar-refractivity contribution in [2.75, 3.05) is 18.0 Å². The Labute approximate surface area is 108 Å². The number of piperidine rings is 1. The van der Waals surface area contributed by atoms with Crippen molar-refractivity contribution in [1.82, 2.24) is 14.6 Å². The van der Waals surface area contributed by atoms with E-state index in [1.807, 2.05) is 4.90 Å². The van der Waals surface area contributed by atoms with Crippen LogP contribution in [0, 0.1) is 6.92 Å². The third-order valence-corrected chi connectivity index (χ3v) is 4.00. The summed E-state index contributed by atoms with van der Waals surface area (Å²) >= 11 is 1.39. The van der Waals surface area contributed by atoms with Gasteiger partial charge in [0.1, 0.15) is 0 Å². The molecule has 0 aliphatic carbocycles. The van der Waals surface area contributed by atoms with Crippen LogP contribution in [-0.2, 0) is 0 Å². The molecule has 0 radical (unpaired) electrons. The smallest absolute Gasteiger partial charge is 0.275 e. The van der Waals surface area contributed by atoms with E-state index in [2.05, 4.69) is 10.1 Å². The lowest BCUT2D eigenvalue weighted by molar-refractivity contribution is 0.154. The van der Waals surface area contributed by atoms with Crippen molar-refractivity contribution >= 4 is 21.4 Å². The average molecular weight is 266 g/mol. The first-order valence-corrected chi connectivity index (χ1v) is 6.76. The fourth-order valence-electron chi connectivity index (χ4n) is 2.17. The summed E-state index contributed by atoms with van der Waals surface area (Å²) < 4.78 is 1.33. The number of fused-ring (bicyclic) bond motifs is 1. The van der Waals surface area contributed by atoms with Crippen molar-refractivity contribution in [1.29, 1.82) is 0 Å². The van der Waals surface area contributed by atoms with E-state index in [4.69, 9.17) is 0 Å². The number of aryl methyl sites for hydroxylation is 1. The van der Waals surface area contributed by atoms with E-state index >= 15 is 0 Å². The Morgan fingerprint density at radius 1 is 1.56 bits per heavy atom. The second-order valence-corrected chi connectivity index (χ2v) is 5.49. The summed E-state index contributed by atoms with van der Waals surface area (Å²) in [4.78, 5) is 18.7. The minimum absolute atomic E-state index is 0.155. The van der Waals surface area contributed by atoms with Gasteiger partial charge in [-0.1, -0.05) is 11.3 Å². The summed E-state index contributed by atoms with van der Waals surface area (Å²) in [6.45, 7) is 3.24. The van der Waals surface area contributed by atoms with Crippen molar-refractivity contribution in [3.05, 3.63) is 22.1 Å². The number of β-amino-alcohol motifs (C(OH)–C–C–N with tert-alkyl or cyclic N) is 1. The maximum absolute atomic E-state index is 11.8. The third-order valence-electron chi connectivity index (χ3n) is 3.03. The van der Waals surface area contributed by atoms with Crippen LogP contribution in [0.5, 0.6) is 0 Å². The summed E-state index contributed by atoms with van der Waals surface area (Å²) in [5.74, 6) is 0. The van der Waals surface area contributed by atoms with E-state index in [0.717, 1.165) is 24.5 Å². The molecule has 0 spiro atoms. The molecule has 1 atom stereocenters. The van der Waals surface area contributed by atoms with Crippen LogP contribution in [0.25, 0.3) is 4.96 Å². The number of aliphatic hydroxyl groups excluding tert-OH is 1. The molecule has 0 aromatic carbocycles. The van der Waals surface area contributed by atoms with Gasteiger partial charge in [0.2, 0.25) is 10.1 Å². The second-order valence-electron chi connectivity index (χ2n) is 4.56. The number of aliphatic hydroxyl groups is 1. The van der Waals surface area contributed by atoms with Gasteiger partial charge in [0.05, 0.1) is 6.10 Å². The highest BCUT2D eigenvalue weighted by atomic mass is 32.1. The minimum Gasteiger partial charge on any atom is -0.391 e. The topological polar surface area (TPSA) is 70.7 Å². The van der Waals surface area contributed by atoms with Gasteiger partial charge >= 0.3 is 0 Å². The quantitative estimate of drug-likeness (QED) is 0.810. The molecule has 1 aliphatic rings. The van der Waals surface area contributed by atoms with E-state index in [-0.39, 0.29) is 11.7 Å². The van der Waals surface area contributed by atoms with Crippen LogP contribution in [0.2, 0.25) is 0 Å². The largest absolute Gasteiger partial charge is 0.391 e. The number of anilines is 1. The lowest BCUT2D eigenvalue weighted by Gasteiger charge is -2.29. The normalized spacial score (nSPS) is 20.6. The van der Waals surface area contributed by atoms with E-state index in [1.54, 1.807) is 6.92 Å². The lowest BCUT2D eigenvalue weighted by Crippen LogP contribution is -2.38. The standard InChI is InChI=1S/C11H14N4O2S/c1-7-5-9(17)15-10(12-7)18-11(13-15)14-4-2-3-8(16)6-14/h5,8,16H,2-4,6H2,1H3. The maximum Gasteiger partial charge on any atom is 0.275 e. The molecule has 96 valence electrons. The fourth-order valence-corrected chi connectivity index (χ4v) is 3.15. The molecule has 1 N–H and O–H groups in total. The Balaban J connectivity index is 2.03. The van der Waals surface area contributed by atoms with Gasteiger partial charge < -0.3 is 10.0 Å². The summed E-state index contributed by atoms with van der Waals surface area (Å²) in [6.07, 6.45) is 1.47. The molecule has 18 heavy (non-hydrogen) atoms. The van der Waals surface area contributed by atoms with Crippen LogP contribution in [0.1, 0.15) is 18.5 Å². The van der Waals surface area contributed by atoms with Crippen LogP contribution >= 0.6 is 11.3 Å². The molecule has 2 aromatic heterocycles. The molecule has 7 heteroatoms. The van der Waals surface area contributed by atoms with Crippen molar-refractivity contribution in [2.24, 2.45) is 0 Å². The van der Waals surface area contributed by atoms with Crippen LogP contribution in [-0.4, -0.2) is 38.9 Å². The van der Waals surface area contributed by atoms with Crippen molar-refractivity contribution < 1.29 is 5.11 Å². The zero-order valence-corrected chi connectivity index (χ0v) is 10.9. The SMILES string of the molecule is Cc1cc(=O)n2nc(N3CCCC(O)C3)sc2n1. The molecular weight excluding hydrogens is 252 g/mol. The Hall–Kier alpha value is -1.47. The van der Waals surface area contributed by atoms with Gasteiger partial charge in [-0.3, -0.25) is 4.79 Å². The number of aromatic nitrogens is 3. The Bertz CT molecular complexity index is 635. The van der Waals surface area contributed by atoms with E-state index in [9.17, 15) is 9.90 Å². The lowest BCUT2D eigenvalue weighted by atomic mass is 10.1. The van der Waals surface area contributed by atoms with Gasteiger partial charge in [-0.15, -0.1) is 5.10 Å². The highest BCUT2D eigenvalue weighted by Crippen LogP contribution is 2.24. The van der Waals surface area contributed by atoms with Crippen molar-refractivity contribution in [3.63, 3.8) is 0 Å². The summed E-state index contributed by atoms with van der Waals surface area (Å²) in [5, 5.41) is 14.7. The Morgan fingerprint density at radius 2 is 2.39 bits per heavy atom. The van der Waals surface area contributed by atoms with Crippen LogP contribution < -0.4 is 10.5 Å². The maximum atomic E-state index is 11.8. The summed E-state index contributed by atoms with van der Waals surface area (Å²) in [7, 11) is 0. The summed E-state index contributed by atoms with van der Waals surface area (Å²) in [6, 6.07) is 1.47. The van der Waals surface area contributed by atoms with Gasteiger partial charge in [0.15, 0.2) is 0 Å². The predicted molar refractivity (Wildman–Crippen MR) is 69.3 cm³/mol. The first kappa shape index (κ1) is 11.6. The number of hydrogen-bond donors (Lipinski definition) is 1. The zero-order chi connectivity index (χ0) is 12.7. The van der Waals surface area contributed by atoms with Crippen LogP contribution in [0.15, 0.2) is 10.9 Å². The predicted octanol–water partition coefficient (Wildman–Crippen LogP) is 0.421. The molecule has 1 saturated heterocycles. The van der Waals surface area contributed by atoms with E-state index < -0.39 is 0 Å². The third kappa shape index (κ3) is 1.99. The number of rotatable bonds is 1. The molecule has 1 fully saturated rings.